The van der Waals surface area contributed by atoms with Crippen LogP contribution in [0.15, 0.2) is 53.4 Å². The number of rotatable bonds is 6. The molecule has 2 amide bonds. The molecule has 0 fully saturated rings. The van der Waals surface area contributed by atoms with E-state index < -0.39 is 26.5 Å². The molecule has 0 spiro atoms. The minimum Gasteiger partial charge on any atom is -0.270 e. The van der Waals surface area contributed by atoms with E-state index in [0.29, 0.717) is 0 Å². The molecule has 0 bridgehead atoms. The highest BCUT2D eigenvalue weighted by Gasteiger charge is 2.31. The van der Waals surface area contributed by atoms with Crippen LogP contribution in [0, 0.1) is 17.0 Å². The molecular formula is C17H18ClN3O5S. The van der Waals surface area contributed by atoms with E-state index in [1.807, 2.05) is 4.72 Å². The summed E-state index contributed by atoms with van der Waals surface area (Å²) in [6.45, 7) is 3.46. The first-order valence-corrected chi connectivity index (χ1v) is 9.89. The van der Waals surface area contributed by atoms with Crippen LogP contribution >= 0.6 is 11.6 Å². The van der Waals surface area contributed by atoms with Crippen LogP contribution in [0.5, 0.6) is 0 Å². The van der Waals surface area contributed by atoms with E-state index in [1.54, 1.807) is 26.0 Å². The molecule has 1 N–H and O–H groups in total. The SMILES string of the molecule is CCC(Cl)N(C(=O)NS(=O)(=O)c1ccc(C)cc1)c1ccccc1[N+](=O)[O-]. The summed E-state index contributed by atoms with van der Waals surface area (Å²) in [5, 5.41) is 11.3. The van der Waals surface area contributed by atoms with Crippen molar-refractivity contribution in [2.24, 2.45) is 0 Å². The highest BCUT2D eigenvalue weighted by molar-refractivity contribution is 7.90. The maximum atomic E-state index is 12.7. The first-order chi connectivity index (χ1) is 12.7. The molecule has 0 heterocycles. The van der Waals surface area contributed by atoms with E-state index >= 15 is 0 Å². The summed E-state index contributed by atoms with van der Waals surface area (Å²) in [6, 6.07) is 10.3. The number of para-hydroxylation sites is 2. The maximum absolute atomic E-state index is 12.7. The molecule has 0 aliphatic heterocycles. The number of benzene rings is 2. The number of carbonyl (C=O) groups is 1. The predicted molar refractivity (Wildman–Crippen MR) is 102 cm³/mol. The quantitative estimate of drug-likeness (QED) is 0.336. The van der Waals surface area contributed by atoms with Crippen LogP contribution in [0.2, 0.25) is 0 Å². The molecule has 1 atom stereocenters. The van der Waals surface area contributed by atoms with Crippen LogP contribution in [0.25, 0.3) is 0 Å². The van der Waals surface area contributed by atoms with Crippen molar-refractivity contribution < 1.29 is 18.1 Å². The fourth-order valence-corrected chi connectivity index (χ4v) is 3.47. The fraction of sp³-hybridized carbons (Fsp3) is 0.235. The second-order valence-corrected chi connectivity index (χ2v) is 7.87. The number of amides is 2. The molecule has 144 valence electrons. The summed E-state index contributed by atoms with van der Waals surface area (Å²) in [4.78, 5) is 24.1. The molecular weight excluding hydrogens is 394 g/mol. The van der Waals surface area contributed by atoms with Gasteiger partial charge in [0.05, 0.1) is 9.82 Å². The number of nitro groups is 1. The zero-order valence-electron chi connectivity index (χ0n) is 14.6. The van der Waals surface area contributed by atoms with Crippen molar-refractivity contribution in [2.75, 3.05) is 4.90 Å². The van der Waals surface area contributed by atoms with Crippen LogP contribution in [0.1, 0.15) is 18.9 Å². The van der Waals surface area contributed by atoms with Crippen LogP contribution < -0.4 is 9.62 Å². The lowest BCUT2D eigenvalue weighted by atomic mass is 10.2. The summed E-state index contributed by atoms with van der Waals surface area (Å²) in [7, 11) is -4.17. The molecule has 2 rings (SSSR count). The van der Waals surface area contributed by atoms with Crippen LogP contribution in [-0.2, 0) is 10.0 Å². The van der Waals surface area contributed by atoms with Gasteiger partial charge in [-0.1, -0.05) is 48.4 Å². The Hall–Kier alpha value is -2.65. The Bertz CT molecular complexity index is 947. The molecule has 10 heteroatoms. The zero-order chi connectivity index (χ0) is 20.2. The highest BCUT2D eigenvalue weighted by Crippen LogP contribution is 2.31. The first kappa shape index (κ1) is 20.7. The Balaban J connectivity index is 2.42. The number of sulfonamides is 1. The number of nitrogens with zero attached hydrogens (tertiary/aromatic N) is 2. The number of hydrogen-bond acceptors (Lipinski definition) is 5. The molecule has 0 saturated heterocycles. The molecule has 0 saturated carbocycles. The van der Waals surface area contributed by atoms with E-state index in [9.17, 15) is 23.3 Å². The summed E-state index contributed by atoms with van der Waals surface area (Å²) >= 11 is 6.18. The predicted octanol–water partition coefficient (Wildman–Crippen LogP) is 3.78. The number of nitrogens with one attached hydrogen (secondary N) is 1. The van der Waals surface area contributed by atoms with Crippen molar-refractivity contribution in [3.05, 3.63) is 64.2 Å². The molecule has 27 heavy (non-hydrogen) atoms. The average molecular weight is 412 g/mol. The van der Waals surface area contributed by atoms with Crippen molar-refractivity contribution in [3.8, 4) is 0 Å². The van der Waals surface area contributed by atoms with Gasteiger partial charge in [-0.3, -0.25) is 15.0 Å². The molecule has 2 aromatic rings. The van der Waals surface area contributed by atoms with Gasteiger partial charge in [0.2, 0.25) is 0 Å². The van der Waals surface area contributed by atoms with Crippen molar-refractivity contribution in [1.29, 1.82) is 0 Å². The number of carbonyl (C=O) groups excluding carboxylic acids is 1. The maximum Gasteiger partial charge on any atom is 0.337 e. The van der Waals surface area contributed by atoms with Gasteiger partial charge in [-0.15, -0.1) is 0 Å². The van der Waals surface area contributed by atoms with E-state index in [0.717, 1.165) is 10.5 Å². The zero-order valence-corrected chi connectivity index (χ0v) is 16.2. The lowest BCUT2D eigenvalue weighted by Gasteiger charge is -2.26. The molecule has 8 nitrogen and oxygen atoms in total. The third-order valence-corrected chi connectivity index (χ3v) is 5.57. The molecule has 1 unspecified atom stereocenters. The number of aryl methyl sites for hydroxylation is 1. The number of nitro benzene ring substituents is 1. The second-order valence-electron chi connectivity index (χ2n) is 5.68. The Morgan fingerprint density at radius 1 is 1.22 bits per heavy atom. The van der Waals surface area contributed by atoms with Gasteiger partial charge in [0, 0.05) is 6.07 Å². The van der Waals surface area contributed by atoms with Gasteiger partial charge in [-0.05, 0) is 31.5 Å². The van der Waals surface area contributed by atoms with Gasteiger partial charge in [-0.25, -0.2) is 17.9 Å². The Morgan fingerprint density at radius 3 is 2.37 bits per heavy atom. The van der Waals surface area contributed by atoms with Crippen LogP contribution in [0.3, 0.4) is 0 Å². The summed E-state index contributed by atoms with van der Waals surface area (Å²) in [5.74, 6) is 0. The minimum atomic E-state index is -4.17. The third kappa shape index (κ3) is 4.75. The van der Waals surface area contributed by atoms with Gasteiger partial charge in [0.1, 0.15) is 11.2 Å². The smallest absolute Gasteiger partial charge is 0.270 e. The number of halogens is 1. The van der Waals surface area contributed by atoms with Crippen molar-refractivity contribution >= 4 is 39.0 Å². The molecule has 0 aromatic heterocycles. The Labute approximate surface area is 162 Å². The van der Waals surface area contributed by atoms with Crippen LogP contribution in [0.4, 0.5) is 16.2 Å². The summed E-state index contributed by atoms with van der Waals surface area (Å²) in [5.41, 5.74) is -0.589. The van der Waals surface area contributed by atoms with Crippen molar-refractivity contribution in [1.82, 2.24) is 4.72 Å². The Morgan fingerprint density at radius 2 is 1.81 bits per heavy atom. The number of hydrogen-bond donors (Lipinski definition) is 1. The lowest BCUT2D eigenvalue weighted by Crippen LogP contribution is -2.46. The molecule has 2 aromatic carbocycles. The van der Waals surface area contributed by atoms with Gasteiger partial charge < -0.3 is 0 Å². The number of urea groups is 1. The monoisotopic (exact) mass is 411 g/mol. The first-order valence-electron chi connectivity index (χ1n) is 7.97. The lowest BCUT2D eigenvalue weighted by molar-refractivity contribution is -0.384. The summed E-state index contributed by atoms with van der Waals surface area (Å²) < 4.78 is 26.9. The van der Waals surface area contributed by atoms with Crippen molar-refractivity contribution in [3.63, 3.8) is 0 Å². The second kappa shape index (κ2) is 8.36. The molecule has 0 radical (unpaired) electrons. The van der Waals surface area contributed by atoms with Gasteiger partial charge >= 0.3 is 6.03 Å². The highest BCUT2D eigenvalue weighted by atomic mass is 35.5. The fourth-order valence-electron chi connectivity index (χ4n) is 2.33. The topological polar surface area (TPSA) is 110 Å². The van der Waals surface area contributed by atoms with E-state index in [-0.39, 0.29) is 22.7 Å². The minimum absolute atomic E-state index is 0.0963. The third-order valence-electron chi connectivity index (χ3n) is 3.73. The number of anilines is 1. The van der Waals surface area contributed by atoms with Crippen molar-refractivity contribution in [2.45, 2.75) is 30.7 Å². The Kier molecular flexibility index (Phi) is 6.40. The van der Waals surface area contributed by atoms with Gasteiger partial charge in [-0.2, -0.15) is 0 Å². The van der Waals surface area contributed by atoms with E-state index in [2.05, 4.69) is 0 Å². The summed E-state index contributed by atoms with van der Waals surface area (Å²) in [6.07, 6.45) is 0.242. The largest absolute Gasteiger partial charge is 0.337 e. The molecule has 0 aliphatic rings. The normalized spacial score (nSPS) is 12.3. The van der Waals surface area contributed by atoms with Gasteiger partial charge in [0.15, 0.2) is 0 Å². The van der Waals surface area contributed by atoms with E-state index in [4.69, 9.17) is 11.6 Å². The number of alkyl halides is 1. The van der Waals surface area contributed by atoms with Gasteiger partial charge in [0.25, 0.3) is 15.7 Å². The standard InChI is InChI=1S/C17H18ClN3O5S/c1-3-16(18)20(14-6-4-5-7-15(14)21(23)24)17(22)19-27(25,26)13-10-8-12(2)9-11-13/h4-11,16H,3H2,1-2H3,(H,19,22). The average Bonchev–Trinajstić information content (AvgIpc) is 2.62. The van der Waals surface area contributed by atoms with Crippen LogP contribution in [-0.4, -0.2) is 24.9 Å². The van der Waals surface area contributed by atoms with E-state index in [1.165, 1.54) is 36.4 Å². The molecule has 0 aliphatic carbocycles.